The van der Waals surface area contributed by atoms with Crippen LogP contribution in [0.2, 0.25) is 0 Å². The van der Waals surface area contributed by atoms with Crippen LogP contribution in [0.5, 0.6) is 0 Å². The molecule has 0 atom stereocenters. The second-order valence-corrected chi connectivity index (χ2v) is 2.02. The van der Waals surface area contributed by atoms with Gasteiger partial charge in [-0.3, -0.25) is 4.79 Å². The molecule has 0 aromatic carbocycles. The zero-order valence-corrected chi connectivity index (χ0v) is 6.33. The first-order valence-electron chi connectivity index (χ1n) is 3.11. The Hall–Kier alpha value is -1.39. The van der Waals surface area contributed by atoms with Crippen molar-refractivity contribution in [3.63, 3.8) is 0 Å². The quantitative estimate of drug-likeness (QED) is 0.581. The van der Waals surface area contributed by atoms with Gasteiger partial charge >= 0.3 is 5.97 Å². The van der Waals surface area contributed by atoms with Crippen LogP contribution in [-0.4, -0.2) is 16.1 Å². The lowest BCUT2D eigenvalue weighted by Gasteiger charge is -1.93. The van der Waals surface area contributed by atoms with Crippen LogP contribution in [0.4, 0.5) is 0 Å². The van der Waals surface area contributed by atoms with Crippen molar-refractivity contribution in [3.05, 3.63) is 11.7 Å². The summed E-state index contributed by atoms with van der Waals surface area (Å²) < 4.78 is 9.28. The zero-order valence-electron chi connectivity index (χ0n) is 6.33. The molecule has 0 N–H and O–H groups in total. The second kappa shape index (κ2) is 3.14. The molecule has 0 unspecified atom stereocenters. The fourth-order valence-corrected chi connectivity index (χ4v) is 0.562. The number of hydrogen-bond acceptors (Lipinski definition) is 5. The van der Waals surface area contributed by atoms with Gasteiger partial charge in [-0.25, -0.2) is 0 Å². The van der Waals surface area contributed by atoms with Crippen LogP contribution in [-0.2, 0) is 16.1 Å². The number of carbonyl (C=O) groups excluding carboxylic acids is 1. The highest BCUT2D eigenvalue weighted by Crippen LogP contribution is 1.97. The lowest BCUT2D eigenvalue weighted by molar-refractivity contribution is -0.143. The fourth-order valence-electron chi connectivity index (χ4n) is 0.562. The Kier molecular flexibility index (Phi) is 2.20. The first kappa shape index (κ1) is 7.71. The Labute approximate surface area is 63.4 Å². The monoisotopic (exact) mass is 156 g/mol. The molecule has 0 amide bonds. The van der Waals surface area contributed by atoms with Crippen LogP contribution in [0, 0.1) is 6.92 Å². The molecule has 0 saturated carbocycles. The van der Waals surface area contributed by atoms with Gasteiger partial charge in [0.15, 0.2) is 12.4 Å². The first-order valence-corrected chi connectivity index (χ1v) is 3.11. The highest BCUT2D eigenvalue weighted by atomic mass is 16.6. The predicted octanol–water partition coefficient (Wildman–Crippen LogP) is 0.441. The van der Waals surface area contributed by atoms with E-state index in [1.165, 1.54) is 6.92 Å². The lowest BCUT2D eigenvalue weighted by Crippen LogP contribution is -1.98. The maximum absolute atomic E-state index is 10.3. The molecule has 1 rings (SSSR count). The predicted molar refractivity (Wildman–Crippen MR) is 34.5 cm³/mol. The Balaban J connectivity index is 2.45. The van der Waals surface area contributed by atoms with Crippen molar-refractivity contribution in [2.75, 3.05) is 0 Å². The molecule has 0 aliphatic heterocycles. The highest BCUT2D eigenvalue weighted by molar-refractivity contribution is 5.65. The zero-order chi connectivity index (χ0) is 8.27. The largest absolute Gasteiger partial charge is 0.456 e. The van der Waals surface area contributed by atoms with Crippen molar-refractivity contribution in [2.24, 2.45) is 0 Å². The third-order valence-corrected chi connectivity index (χ3v) is 0.969. The van der Waals surface area contributed by atoms with E-state index in [2.05, 4.69) is 19.4 Å². The van der Waals surface area contributed by atoms with Gasteiger partial charge in [-0.2, -0.15) is 4.98 Å². The Morgan fingerprint density at radius 1 is 1.73 bits per heavy atom. The van der Waals surface area contributed by atoms with E-state index in [4.69, 9.17) is 0 Å². The van der Waals surface area contributed by atoms with Gasteiger partial charge in [-0.1, -0.05) is 5.16 Å². The maximum atomic E-state index is 10.3. The third kappa shape index (κ3) is 2.37. The van der Waals surface area contributed by atoms with Crippen molar-refractivity contribution in [2.45, 2.75) is 20.5 Å². The smallest absolute Gasteiger partial charge is 0.303 e. The molecule has 0 aliphatic rings. The number of aromatic nitrogens is 2. The van der Waals surface area contributed by atoms with Gasteiger partial charge in [0.1, 0.15) is 0 Å². The van der Waals surface area contributed by atoms with E-state index in [1.807, 2.05) is 0 Å². The molecule has 1 aromatic heterocycles. The average molecular weight is 156 g/mol. The third-order valence-electron chi connectivity index (χ3n) is 0.969. The molecule has 0 spiro atoms. The van der Waals surface area contributed by atoms with E-state index in [0.717, 1.165) is 0 Å². The van der Waals surface area contributed by atoms with Crippen LogP contribution in [0.25, 0.3) is 0 Å². The van der Waals surface area contributed by atoms with Crippen molar-refractivity contribution < 1.29 is 14.1 Å². The van der Waals surface area contributed by atoms with Crippen LogP contribution in [0.3, 0.4) is 0 Å². The van der Waals surface area contributed by atoms with Crippen LogP contribution in [0.1, 0.15) is 18.6 Å². The Morgan fingerprint density at radius 3 is 2.91 bits per heavy atom. The van der Waals surface area contributed by atoms with Crippen molar-refractivity contribution in [3.8, 4) is 0 Å². The minimum atomic E-state index is -0.360. The van der Waals surface area contributed by atoms with Gasteiger partial charge in [0.25, 0.3) is 5.89 Å². The summed E-state index contributed by atoms with van der Waals surface area (Å²) in [6.45, 7) is 3.07. The van der Waals surface area contributed by atoms with Gasteiger partial charge < -0.3 is 9.26 Å². The number of aryl methyl sites for hydroxylation is 1. The summed E-state index contributed by atoms with van der Waals surface area (Å²) in [4.78, 5) is 14.1. The highest BCUT2D eigenvalue weighted by Gasteiger charge is 2.03. The molecule has 0 fully saturated rings. The molecule has 1 aromatic rings. The van der Waals surface area contributed by atoms with Crippen LogP contribution < -0.4 is 0 Å². The van der Waals surface area contributed by atoms with Gasteiger partial charge in [-0.05, 0) is 6.92 Å². The molecular formula is C6H8N2O3. The summed E-state index contributed by atoms with van der Waals surface area (Å²) in [5.74, 6) is 0.491. The molecule has 60 valence electrons. The minimum absolute atomic E-state index is 0.0518. The van der Waals surface area contributed by atoms with Crippen LogP contribution in [0.15, 0.2) is 4.52 Å². The summed E-state index contributed by atoms with van der Waals surface area (Å²) in [7, 11) is 0. The number of hydrogen-bond donors (Lipinski definition) is 0. The maximum Gasteiger partial charge on any atom is 0.303 e. The van der Waals surface area contributed by atoms with Crippen molar-refractivity contribution >= 4 is 5.97 Å². The summed E-state index contributed by atoms with van der Waals surface area (Å²) in [6, 6.07) is 0. The molecule has 0 bridgehead atoms. The molecule has 1 heterocycles. The van der Waals surface area contributed by atoms with Gasteiger partial charge in [0.2, 0.25) is 0 Å². The van der Waals surface area contributed by atoms with E-state index in [9.17, 15) is 4.79 Å². The lowest BCUT2D eigenvalue weighted by atomic mass is 10.6. The number of carbonyl (C=O) groups is 1. The number of ether oxygens (including phenoxy) is 1. The van der Waals surface area contributed by atoms with E-state index in [0.29, 0.717) is 11.7 Å². The van der Waals surface area contributed by atoms with E-state index in [1.54, 1.807) is 6.92 Å². The second-order valence-electron chi connectivity index (χ2n) is 2.02. The van der Waals surface area contributed by atoms with E-state index in [-0.39, 0.29) is 12.6 Å². The topological polar surface area (TPSA) is 65.2 Å². The number of rotatable bonds is 2. The molecular weight excluding hydrogens is 148 g/mol. The standard InChI is InChI=1S/C6H8N2O3/c1-4-7-6(11-8-4)3-10-5(2)9/h3H2,1-2H3. The molecule has 0 saturated heterocycles. The van der Waals surface area contributed by atoms with Gasteiger partial charge in [-0.15, -0.1) is 0 Å². The Bertz CT molecular complexity index is 256. The first-order chi connectivity index (χ1) is 5.18. The molecule has 11 heavy (non-hydrogen) atoms. The van der Waals surface area contributed by atoms with Crippen molar-refractivity contribution in [1.29, 1.82) is 0 Å². The number of nitrogens with zero attached hydrogens (tertiary/aromatic N) is 2. The SMILES string of the molecule is CC(=O)OCc1nc(C)no1. The number of esters is 1. The molecule has 0 aliphatic carbocycles. The summed E-state index contributed by atoms with van der Waals surface area (Å²) in [5, 5.41) is 3.52. The minimum Gasteiger partial charge on any atom is -0.456 e. The fraction of sp³-hybridized carbons (Fsp3) is 0.500. The van der Waals surface area contributed by atoms with Gasteiger partial charge in [0, 0.05) is 6.92 Å². The summed E-state index contributed by atoms with van der Waals surface area (Å²) in [6.07, 6.45) is 0. The summed E-state index contributed by atoms with van der Waals surface area (Å²) in [5.41, 5.74) is 0. The molecule has 5 nitrogen and oxygen atoms in total. The van der Waals surface area contributed by atoms with E-state index >= 15 is 0 Å². The summed E-state index contributed by atoms with van der Waals surface area (Å²) >= 11 is 0. The molecule has 5 heteroatoms. The normalized spacial score (nSPS) is 9.64. The Morgan fingerprint density at radius 2 is 2.45 bits per heavy atom. The average Bonchev–Trinajstić information content (AvgIpc) is 2.31. The van der Waals surface area contributed by atoms with E-state index < -0.39 is 0 Å². The van der Waals surface area contributed by atoms with Crippen molar-refractivity contribution in [1.82, 2.24) is 10.1 Å². The molecule has 0 radical (unpaired) electrons. The van der Waals surface area contributed by atoms with Crippen LogP contribution >= 0.6 is 0 Å². The van der Waals surface area contributed by atoms with Gasteiger partial charge in [0.05, 0.1) is 0 Å².